The molecule has 1 aromatic heterocycles. The van der Waals surface area contributed by atoms with Gasteiger partial charge >= 0.3 is 0 Å². The zero-order valence-electron chi connectivity index (χ0n) is 19.1. The Balaban J connectivity index is 1.58. The Morgan fingerprint density at radius 2 is 1.61 bits per heavy atom. The van der Waals surface area contributed by atoms with Crippen molar-refractivity contribution in [3.63, 3.8) is 0 Å². The highest BCUT2D eigenvalue weighted by atomic mass is 35.5. The van der Waals surface area contributed by atoms with Gasteiger partial charge in [-0.15, -0.1) is 0 Å². The monoisotopic (exact) mass is 501 g/mol. The van der Waals surface area contributed by atoms with E-state index in [1.807, 2.05) is 30.3 Å². The van der Waals surface area contributed by atoms with Gasteiger partial charge in [0.2, 0.25) is 0 Å². The molecule has 0 radical (unpaired) electrons. The van der Waals surface area contributed by atoms with Crippen LogP contribution in [0.25, 0.3) is 5.76 Å². The van der Waals surface area contributed by atoms with Crippen LogP contribution in [0.5, 0.6) is 17.2 Å². The lowest BCUT2D eigenvalue weighted by Gasteiger charge is -2.23. The minimum absolute atomic E-state index is 0.144. The van der Waals surface area contributed by atoms with Gasteiger partial charge in [0.25, 0.3) is 11.7 Å². The average molecular weight is 502 g/mol. The Bertz CT molecular complexity index is 1450. The number of anilines is 1. The number of ketones is 1. The van der Waals surface area contributed by atoms with E-state index in [0.29, 0.717) is 28.7 Å². The summed E-state index contributed by atoms with van der Waals surface area (Å²) in [6.45, 7) is 0. The number of methoxy groups -OCH3 is 1. The molecule has 1 aliphatic heterocycles. The number of hydrogen-bond acceptors (Lipinski definition) is 6. The van der Waals surface area contributed by atoms with Gasteiger partial charge in [-0.25, -0.2) is 0 Å². The molecule has 1 amide bonds. The fourth-order valence-corrected chi connectivity index (χ4v) is 4.28. The first-order valence-corrected chi connectivity index (χ1v) is 11.4. The quantitative estimate of drug-likeness (QED) is 0.188. The predicted octanol–water partition coefficient (Wildman–Crippen LogP) is 6.36. The van der Waals surface area contributed by atoms with Crippen molar-refractivity contribution >= 4 is 34.7 Å². The molecular weight excluding hydrogens is 482 g/mol. The number of carbonyl (C=O) groups excluding carboxylic acids is 2. The Morgan fingerprint density at radius 3 is 2.28 bits per heavy atom. The number of para-hydroxylation sites is 1. The van der Waals surface area contributed by atoms with E-state index in [9.17, 15) is 14.7 Å². The second-order valence-electron chi connectivity index (χ2n) is 7.94. The molecule has 1 saturated heterocycles. The van der Waals surface area contributed by atoms with E-state index in [2.05, 4.69) is 0 Å². The number of halogens is 1. The number of nitrogens with zero attached hydrogens (tertiary/aromatic N) is 1. The summed E-state index contributed by atoms with van der Waals surface area (Å²) in [5.41, 5.74) is 0.446. The maximum absolute atomic E-state index is 13.2. The van der Waals surface area contributed by atoms with Gasteiger partial charge in [0.1, 0.15) is 34.8 Å². The molecule has 36 heavy (non-hydrogen) atoms. The van der Waals surface area contributed by atoms with Crippen LogP contribution in [0.15, 0.2) is 101 Å². The van der Waals surface area contributed by atoms with Crippen molar-refractivity contribution in [1.29, 1.82) is 0 Å². The third kappa shape index (κ3) is 4.21. The topological polar surface area (TPSA) is 89.2 Å². The third-order valence-electron chi connectivity index (χ3n) is 5.78. The number of aliphatic hydroxyl groups excluding tert-OH is 1. The molecule has 1 atom stereocenters. The molecule has 8 heteroatoms. The summed E-state index contributed by atoms with van der Waals surface area (Å²) in [6.07, 6.45) is 1.44. The van der Waals surface area contributed by atoms with Crippen LogP contribution in [0.4, 0.5) is 5.69 Å². The smallest absolute Gasteiger partial charge is 0.300 e. The summed E-state index contributed by atoms with van der Waals surface area (Å²) < 4.78 is 16.6. The number of benzene rings is 3. The highest BCUT2D eigenvalue weighted by Gasteiger charge is 2.48. The summed E-state index contributed by atoms with van der Waals surface area (Å²) in [5, 5.41) is 11.4. The molecule has 1 aliphatic rings. The van der Waals surface area contributed by atoms with Crippen molar-refractivity contribution in [3.05, 3.63) is 113 Å². The van der Waals surface area contributed by atoms with Crippen LogP contribution in [0, 0.1) is 0 Å². The lowest BCUT2D eigenvalue weighted by molar-refractivity contribution is -0.132. The number of rotatable bonds is 6. The lowest BCUT2D eigenvalue weighted by Crippen LogP contribution is -2.29. The Morgan fingerprint density at radius 1 is 0.917 bits per heavy atom. The van der Waals surface area contributed by atoms with Crippen LogP contribution in [0.1, 0.15) is 17.4 Å². The Labute approximate surface area is 211 Å². The fourth-order valence-electron chi connectivity index (χ4n) is 4.07. The van der Waals surface area contributed by atoms with Crippen molar-refractivity contribution < 1.29 is 28.6 Å². The van der Waals surface area contributed by atoms with Crippen molar-refractivity contribution in [2.45, 2.75) is 6.04 Å². The van der Waals surface area contributed by atoms with Gasteiger partial charge in [-0.3, -0.25) is 14.5 Å². The number of carbonyl (C=O) groups is 2. The molecular formula is C28H20ClNO6. The first-order chi connectivity index (χ1) is 17.5. The molecule has 1 unspecified atom stereocenters. The summed E-state index contributed by atoms with van der Waals surface area (Å²) in [5.74, 6) is -0.148. The van der Waals surface area contributed by atoms with Crippen LogP contribution in [0.2, 0.25) is 5.02 Å². The molecule has 2 heterocycles. The molecule has 4 aromatic rings. The van der Waals surface area contributed by atoms with Crippen LogP contribution in [-0.4, -0.2) is 23.9 Å². The summed E-state index contributed by atoms with van der Waals surface area (Å²) in [7, 11) is 1.47. The summed E-state index contributed by atoms with van der Waals surface area (Å²) >= 11 is 6.32. The minimum atomic E-state index is -1.01. The molecule has 0 saturated carbocycles. The van der Waals surface area contributed by atoms with Gasteiger partial charge in [-0.05, 0) is 66.7 Å². The van der Waals surface area contributed by atoms with E-state index in [0.717, 1.165) is 0 Å². The summed E-state index contributed by atoms with van der Waals surface area (Å²) in [6, 6.07) is 22.9. The maximum atomic E-state index is 13.2. The van der Waals surface area contributed by atoms with Gasteiger partial charge < -0.3 is 19.0 Å². The Hall–Kier alpha value is -4.49. The molecule has 7 nitrogen and oxygen atoms in total. The SMILES string of the molecule is COc1ccc(Cl)c(/C(O)=C2/C(=O)C(=O)N(c3ccc(Oc4ccccc4)cc3)C2c2ccco2)c1. The fraction of sp³-hybridized carbons (Fsp3) is 0.0714. The van der Waals surface area contributed by atoms with Crippen molar-refractivity contribution in [2.75, 3.05) is 12.0 Å². The standard InChI is InChI=1S/C28H20ClNO6/c1-34-20-13-14-22(29)21(16-20)26(31)24-25(23-8-5-15-35-23)30(28(33)27(24)32)17-9-11-19(12-10-17)36-18-6-3-2-4-7-18/h2-16,25,31H,1H3/b26-24-. The predicted molar refractivity (Wildman–Crippen MR) is 134 cm³/mol. The number of ether oxygens (including phenoxy) is 2. The second kappa shape index (κ2) is 9.64. The molecule has 3 aromatic carbocycles. The van der Waals surface area contributed by atoms with E-state index in [-0.39, 0.29) is 16.2 Å². The molecule has 0 bridgehead atoms. The van der Waals surface area contributed by atoms with Crippen LogP contribution in [0.3, 0.4) is 0 Å². The number of Topliss-reactive ketones (excluding diaryl/α,β-unsaturated/α-hetero) is 1. The number of aliphatic hydroxyl groups is 1. The molecule has 1 N–H and O–H groups in total. The highest BCUT2D eigenvalue weighted by molar-refractivity contribution is 6.52. The number of amides is 1. The zero-order valence-corrected chi connectivity index (χ0v) is 19.8. The van der Waals surface area contributed by atoms with Crippen LogP contribution >= 0.6 is 11.6 Å². The van der Waals surface area contributed by atoms with Crippen molar-refractivity contribution in [2.24, 2.45) is 0 Å². The van der Waals surface area contributed by atoms with E-state index in [1.165, 1.54) is 24.3 Å². The molecule has 1 fully saturated rings. The average Bonchev–Trinajstić information content (AvgIpc) is 3.52. The lowest BCUT2D eigenvalue weighted by atomic mass is 9.99. The van der Waals surface area contributed by atoms with E-state index >= 15 is 0 Å². The number of hydrogen-bond donors (Lipinski definition) is 1. The summed E-state index contributed by atoms with van der Waals surface area (Å²) in [4.78, 5) is 27.8. The zero-order chi connectivity index (χ0) is 25.2. The highest BCUT2D eigenvalue weighted by Crippen LogP contribution is 2.43. The van der Waals surface area contributed by atoms with Crippen LogP contribution in [-0.2, 0) is 9.59 Å². The van der Waals surface area contributed by atoms with E-state index in [1.54, 1.807) is 48.5 Å². The molecule has 0 aliphatic carbocycles. The first kappa shape index (κ1) is 23.3. The second-order valence-corrected chi connectivity index (χ2v) is 8.35. The van der Waals surface area contributed by atoms with Crippen LogP contribution < -0.4 is 14.4 Å². The van der Waals surface area contributed by atoms with Gasteiger partial charge in [0.15, 0.2) is 0 Å². The normalized spacial score (nSPS) is 16.8. The third-order valence-corrected chi connectivity index (χ3v) is 6.11. The Kier molecular flexibility index (Phi) is 6.23. The first-order valence-electron chi connectivity index (χ1n) is 11.0. The minimum Gasteiger partial charge on any atom is -0.507 e. The van der Waals surface area contributed by atoms with Crippen molar-refractivity contribution in [3.8, 4) is 17.2 Å². The molecule has 0 spiro atoms. The van der Waals surface area contributed by atoms with E-state index < -0.39 is 23.5 Å². The molecule has 5 rings (SSSR count). The largest absolute Gasteiger partial charge is 0.507 e. The number of furan rings is 1. The van der Waals surface area contributed by atoms with Gasteiger partial charge in [-0.2, -0.15) is 0 Å². The molecule has 180 valence electrons. The van der Waals surface area contributed by atoms with Gasteiger partial charge in [0, 0.05) is 11.3 Å². The van der Waals surface area contributed by atoms with Crippen molar-refractivity contribution in [1.82, 2.24) is 0 Å². The maximum Gasteiger partial charge on any atom is 0.300 e. The van der Waals surface area contributed by atoms with Gasteiger partial charge in [0.05, 0.1) is 24.0 Å². The van der Waals surface area contributed by atoms with Gasteiger partial charge in [-0.1, -0.05) is 29.8 Å². The van der Waals surface area contributed by atoms with E-state index in [4.69, 9.17) is 25.5 Å².